The van der Waals surface area contributed by atoms with E-state index in [1.54, 1.807) is 10.8 Å². The Morgan fingerprint density at radius 2 is 1.67 bits per heavy atom. The second-order valence-electron chi connectivity index (χ2n) is 8.96. The molecule has 0 spiro atoms. The lowest BCUT2D eigenvalue weighted by molar-refractivity contribution is 0.294. The van der Waals surface area contributed by atoms with Crippen LogP contribution in [0, 0.1) is 6.92 Å². The summed E-state index contributed by atoms with van der Waals surface area (Å²) in [6, 6.07) is 30.9. The van der Waals surface area contributed by atoms with Crippen molar-refractivity contribution in [3.8, 4) is 17.4 Å². The van der Waals surface area contributed by atoms with Crippen molar-refractivity contribution in [2.45, 2.75) is 19.4 Å². The zero-order valence-electron chi connectivity index (χ0n) is 19.6. The number of benzene rings is 4. The van der Waals surface area contributed by atoms with Crippen molar-refractivity contribution in [1.82, 2.24) is 19.6 Å². The van der Waals surface area contributed by atoms with Crippen molar-refractivity contribution in [3.05, 3.63) is 125 Å². The number of aryl methyl sites for hydroxylation is 1. The number of hydrogen-bond acceptors (Lipinski definition) is 5. The molecule has 7 rings (SSSR count). The van der Waals surface area contributed by atoms with Crippen LogP contribution < -0.4 is 9.47 Å². The summed E-state index contributed by atoms with van der Waals surface area (Å²) >= 11 is 0. The normalized spacial score (nSPS) is 14.3. The highest BCUT2D eigenvalue weighted by Crippen LogP contribution is 2.50. The molecule has 0 saturated heterocycles. The summed E-state index contributed by atoms with van der Waals surface area (Å²) in [6.45, 7) is 2.29. The Bertz CT molecular complexity index is 1740. The van der Waals surface area contributed by atoms with Gasteiger partial charge in [-0.3, -0.25) is 0 Å². The minimum atomic E-state index is -0.110. The fourth-order valence-electron chi connectivity index (χ4n) is 5.05. The molecule has 2 aromatic heterocycles. The van der Waals surface area contributed by atoms with Gasteiger partial charge in [-0.05, 0) is 41.0 Å². The molecule has 0 unspecified atom stereocenters. The fraction of sp³-hybridized carbons (Fsp3) is 0.100. The largest absolute Gasteiger partial charge is 0.485 e. The lowest BCUT2D eigenvalue weighted by Gasteiger charge is -2.29. The smallest absolute Gasteiger partial charge is 0.228 e. The van der Waals surface area contributed by atoms with Crippen LogP contribution in [-0.2, 0) is 6.61 Å². The van der Waals surface area contributed by atoms with Crippen molar-refractivity contribution < 1.29 is 9.47 Å². The van der Waals surface area contributed by atoms with Crippen LogP contribution >= 0.6 is 0 Å². The maximum absolute atomic E-state index is 6.38. The van der Waals surface area contributed by atoms with E-state index >= 15 is 0 Å². The average molecular weight is 471 g/mol. The minimum Gasteiger partial charge on any atom is -0.485 e. The van der Waals surface area contributed by atoms with Gasteiger partial charge in [0.2, 0.25) is 5.88 Å². The van der Waals surface area contributed by atoms with Crippen LogP contribution in [0.3, 0.4) is 0 Å². The molecule has 6 nitrogen and oxygen atoms in total. The summed E-state index contributed by atoms with van der Waals surface area (Å²) in [4.78, 5) is 9.55. The predicted octanol–water partition coefficient (Wildman–Crippen LogP) is 6.45. The summed E-state index contributed by atoms with van der Waals surface area (Å²) in [5.74, 6) is 2.67. The van der Waals surface area contributed by atoms with E-state index < -0.39 is 0 Å². The first-order chi connectivity index (χ1) is 17.8. The van der Waals surface area contributed by atoms with Crippen LogP contribution in [0.4, 0.5) is 0 Å². The Balaban J connectivity index is 1.40. The van der Waals surface area contributed by atoms with E-state index in [1.807, 2.05) is 43.3 Å². The molecule has 4 aromatic carbocycles. The number of hydrogen-bond donors (Lipinski definition) is 0. The molecular weight excluding hydrogens is 448 g/mol. The molecule has 36 heavy (non-hydrogen) atoms. The number of ether oxygens (including phenoxy) is 2. The van der Waals surface area contributed by atoms with Gasteiger partial charge in [0.1, 0.15) is 24.4 Å². The Kier molecular flexibility index (Phi) is 4.70. The summed E-state index contributed by atoms with van der Waals surface area (Å²) in [5.41, 5.74) is 4.96. The molecule has 0 bridgehead atoms. The summed E-state index contributed by atoms with van der Waals surface area (Å²) in [5, 5.41) is 6.99. The maximum atomic E-state index is 6.38. The van der Waals surface area contributed by atoms with Crippen molar-refractivity contribution in [1.29, 1.82) is 0 Å². The van der Waals surface area contributed by atoms with Gasteiger partial charge in [0.15, 0.2) is 11.5 Å². The quantitative estimate of drug-likeness (QED) is 0.296. The highest BCUT2D eigenvalue weighted by atomic mass is 16.5. The molecule has 0 N–H and O–H groups in total. The summed E-state index contributed by atoms with van der Waals surface area (Å²) < 4.78 is 14.1. The summed E-state index contributed by atoms with van der Waals surface area (Å²) in [6.07, 6.45) is 1.66. The topological polar surface area (TPSA) is 61.5 Å². The van der Waals surface area contributed by atoms with Crippen molar-refractivity contribution in [2.75, 3.05) is 0 Å². The molecule has 1 atom stereocenters. The van der Waals surface area contributed by atoms with E-state index in [9.17, 15) is 0 Å². The number of nitrogens with zero attached hydrogens (tertiary/aromatic N) is 4. The van der Waals surface area contributed by atoms with Gasteiger partial charge in [0.25, 0.3) is 0 Å². The van der Waals surface area contributed by atoms with Crippen LogP contribution in [-0.4, -0.2) is 19.6 Å². The van der Waals surface area contributed by atoms with Crippen molar-refractivity contribution in [3.63, 3.8) is 0 Å². The first-order valence-electron chi connectivity index (χ1n) is 11.9. The maximum Gasteiger partial charge on any atom is 0.228 e. The molecule has 0 amide bonds. The molecule has 6 aromatic rings. The van der Waals surface area contributed by atoms with Gasteiger partial charge >= 0.3 is 0 Å². The third-order valence-electron chi connectivity index (χ3n) is 6.73. The van der Waals surface area contributed by atoms with Crippen molar-refractivity contribution >= 4 is 16.4 Å². The highest BCUT2D eigenvalue weighted by Gasteiger charge is 2.34. The van der Waals surface area contributed by atoms with E-state index in [0.717, 1.165) is 50.2 Å². The third kappa shape index (κ3) is 3.30. The van der Waals surface area contributed by atoms with E-state index in [2.05, 4.69) is 64.7 Å². The molecule has 1 aliphatic heterocycles. The zero-order valence-corrected chi connectivity index (χ0v) is 19.6. The Labute approximate surface area is 207 Å². The SMILES string of the molecule is Cc1ccccc1OCc1nc2c3c(ncn2n1)Oc1ccc2ccccc2c1[C@@H]3c1ccccc1. The van der Waals surface area contributed by atoms with Gasteiger partial charge in [-0.15, -0.1) is 5.10 Å². The second-order valence-corrected chi connectivity index (χ2v) is 8.96. The van der Waals surface area contributed by atoms with E-state index in [-0.39, 0.29) is 12.5 Å². The van der Waals surface area contributed by atoms with Crippen LogP contribution in [0.25, 0.3) is 16.4 Å². The van der Waals surface area contributed by atoms with Gasteiger partial charge < -0.3 is 9.47 Å². The van der Waals surface area contributed by atoms with Gasteiger partial charge in [0.05, 0.1) is 5.56 Å². The lowest BCUT2D eigenvalue weighted by Crippen LogP contribution is -2.15. The first kappa shape index (κ1) is 20.6. The molecule has 3 heterocycles. The lowest BCUT2D eigenvalue weighted by atomic mass is 9.81. The number of rotatable bonds is 4. The van der Waals surface area contributed by atoms with E-state index in [0.29, 0.717) is 11.7 Å². The van der Waals surface area contributed by atoms with Crippen molar-refractivity contribution in [2.24, 2.45) is 0 Å². The molecule has 0 radical (unpaired) electrons. The standard InChI is InChI=1S/C30H22N4O2/c1-19-9-5-8-14-23(19)35-17-25-32-29-28-26(21-11-3-2-4-12-21)27-22-13-7-6-10-20(22)15-16-24(27)36-30(28)31-18-34(29)33-25/h2-16,18,26H,17H2,1H3/t26-/m0/s1. The number of aromatic nitrogens is 4. The van der Waals surface area contributed by atoms with E-state index in [4.69, 9.17) is 14.5 Å². The van der Waals surface area contributed by atoms with Crippen LogP contribution in [0.1, 0.15) is 34.0 Å². The van der Waals surface area contributed by atoms with Crippen LogP contribution in [0.2, 0.25) is 0 Å². The van der Waals surface area contributed by atoms with Crippen LogP contribution in [0.15, 0.2) is 97.3 Å². The molecule has 1 aliphatic rings. The summed E-state index contributed by atoms with van der Waals surface area (Å²) in [7, 11) is 0. The Morgan fingerprint density at radius 1 is 0.861 bits per heavy atom. The highest BCUT2D eigenvalue weighted by molar-refractivity contribution is 5.90. The second kappa shape index (κ2) is 8.20. The van der Waals surface area contributed by atoms with Gasteiger partial charge in [-0.2, -0.15) is 0 Å². The molecule has 6 heteroatoms. The van der Waals surface area contributed by atoms with Gasteiger partial charge in [-0.1, -0.05) is 78.9 Å². The monoisotopic (exact) mass is 470 g/mol. The average Bonchev–Trinajstić information content (AvgIpc) is 3.35. The minimum absolute atomic E-state index is 0.110. The van der Waals surface area contributed by atoms with Gasteiger partial charge in [-0.25, -0.2) is 14.5 Å². The van der Waals surface area contributed by atoms with Gasteiger partial charge in [0, 0.05) is 11.5 Å². The zero-order chi connectivity index (χ0) is 24.1. The van der Waals surface area contributed by atoms with E-state index in [1.165, 1.54) is 0 Å². The molecule has 0 saturated carbocycles. The molecule has 0 aliphatic carbocycles. The Hall–Kier alpha value is -4.71. The first-order valence-corrected chi connectivity index (χ1v) is 11.9. The Morgan fingerprint density at radius 3 is 2.56 bits per heavy atom. The number of para-hydroxylation sites is 1. The molecular formula is C30H22N4O2. The molecule has 174 valence electrons. The van der Waals surface area contributed by atoms with Crippen LogP contribution in [0.5, 0.6) is 17.4 Å². The number of fused-ring (bicyclic) bond motifs is 6. The fourth-order valence-corrected chi connectivity index (χ4v) is 5.05. The molecule has 0 fully saturated rings. The third-order valence-corrected chi connectivity index (χ3v) is 6.73. The predicted molar refractivity (Wildman–Crippen MR) is 138 cm³/mol.